The van der Waals surface area contributed by atoms with Crippen LogP contribution in [0.5, 0.6) is 0 Å². The van der Waals surface area contributed by atoms with Crippen molar-refractivity contribution < 1.29 is 4.79 Å². The fourth-order valence-electron chi connectivity index (χ4n) is 2.81. The first-order valence-electron chi connectivity index (χ1n) is 8.77. The van der Waals surface area contributed by atoms with Gasteiger partial charge in [-0.15, -0.1) is 22.7 Å². The molecule has 0 atom stereocenters. The molecule has 0 bridgehead atoms. The molecule has 0 aliphatic carbocycles. The predicted molar refractivity (Wildman–Crippen MR) is 115 cm³/mol. The second-order valence-corrected chi connectivity index (χ2v) is 8.52. The second-order valence-electron chi connectivity index (χ2n) is 6.38. The molecule has 1 aromatic carbocycles. The number of hydrogen-bond acceptors (Lipinski definition) is 6. The molecule has 0 fully saturated rings. The molecule has 1 N–H and O–H groups in total. The Bertz CT molecular complexity index is 1100. The standard InChI is InChI=1S/C21H18N4OS2/c1-13-5-7-15(8-6-13)20-18(28-14(2)23-20)10-19(26)25-21-24-17(12-27-21)16-4-3-9-22-11-16/h3-9,11-12H,10H2,1-2H3,(H,24,25,26). The summed E-state index contributed by atoms with van der Waals surface area (Å²) in [5, 5.41) is 6.36. The molecule has 7 heteroatoms. The van der Waals surface area contributed by atoms with Crippen molar-refractivity contribution in [1.29, 1.82) is 0 Å². The number of carbonyl (C=O) groups excluding carboxylic acids is 1. The van der Waals surface area contributed by atoms with Crippen molar-refractivity contribution in [3.8, 4) is 22.5 Å². The van der Waals surface area contributed by atoms with Crippen LogP contribution < -0.4 is 5.32 Å². The van der Waals surface area contributed by atoms with E-state index in [2.05, 4.69) is 39.3 Å². The third-order valence-electron chi connectivity index (χ3n) is 4.16. The first kappa shape index (κ1) is 18.5. The highest BCUT2D eigenvalue weighted by Gasteiger charge is 2.16. The maximum absolute atomic E-state index is 12.6. The zero-order valence-electron chi connectivity index (χ0n) is 15.5. The van der Waals surface area contributed by atoms with Gasteiger partial charge in [0.25, 0.3) is 0 Å². The van der Waals surface area contributed by atoms with Gasteiger partial charge >= 0.3 is 0 Å². The van der Waals surface area contributed by atoms with Crippen LogP contribution >= 0.6 is 22.7 Å². The molecule has 3 aromatic heterocycles. The quantitative estimate of drug-likeness (QED) is 0.499. The summed E-state index contributed by atoms with van der Waals surface area (Å²) in [5.41, 5.74) is 4.85. The highest BCUT2D eigenvalue weighted by Crippen LogP contribution is 2.29. The minimum Gasteiger partial charge on any atom is -0.302 e. The lowest BCUT2D eigenvalue weighted by Crippen LogP contribution is -2.14. The van der Waals surface area contributed by atoms with E-state index in [9.17, 15) is 4.79 Å². The van der Waals surface area contributed by atoms with Gasteiger partial charge in [-0.3, -0.25) is 9.78 Å². The topological polar surface area (TPSA) is 67.8 Å². The van der Waals surface area contributed by atoms with Gasteiger partial charge < -0.3 is 5.32 Å². The van der Waals surface area contributed by atoms with E-state index in [1.54, 1.807) is 23.7 Å². The van der Waals surface area contributed by atoms with Crippen LogP contribution in [0, 0.1) is 13.8 Å². The lowest BCUT2D eigenvalue weighted by Gasteiger charge is -2.04. The maximum Gasteiger partial charge on any atom is 0.231 e. The average molecular weight is 407 g/mol. The average Bonchev–Trinajstić information content (AvgIpc) is 3.29. The second kappa shape index (κ2) is 8.00. The van der Waals surface area contributed by atoms with Crippen molar-refractivity contribution in [3.63, 3.8) is 0 Å². The molecule has 1 amide bonds. The molecule has 4 aromatic rings. The molecule has 3 heterocycles. The third-order valence-corrected chi connectivity index (χ3v) is 5.89. The van der Waals surface area contributed by atoms with Crippen molar-refractivity contribution in [1.82, 2.24) is 15.0 Å². The van der Waals surface area contributed by atoms with Crippen LogP contribution in [-0.4, -0.2) is 20.9 Å². The predicted octanol–water partition coefficient (Wildman–Crippen LogP) is 5.13. The zero-order valence-corrected chi connectivity index (χ0v) is 17.1. The monoisotopic (exact) mass is 406 g/mol. The Morgan fingerprint density at radius 1 is 1.07 bits per heavy atom. The van der Waals surface area contributed by atoms with Gasteiger partial charge in [-0.05, 0) is 26.0 Å². The number of nitrogens with one attached hydrogen (secondary N) is 1. The molecule has 0 unspecified atom stereocenters. The van der Waals surface area contributed by atoms with E-state index in [1.165, 1.54) is 16.9 Å². The molecule has 0 spiro atoms. The van der Waals surface area contributed by atoms with Gasteiger partial charge in [0.2, 0.25) is 5.91 Å². The van der Waals surface area contributed by atoms with Gasteiger partial charge in [0.1, 0.15) is 0 Å². The summed E-state index contributed by atoms with van der Waals surface area (Å²) in [4.78, 5) is 26.8. The SMILES string of the molecule is Cc1ccc(-c2nc(C)sc2CC(=O)Nc2nc(-c3cccnc3)cs2)cc1. The lowest BCUT2D eigenvalue weighted by molar-refractivity contribution is -0.115. The van der Waals surface area contributed by atoms with Gasteiger partial charge in [-0.2, -0.15) is 0 Å². The number of thiazole rings is 2. The van der Waals surface area contributed by atoms with Crippen LogP contribution in [0.2, 0.25) is 0 Å². The van der Waals surface area contributed by atoms with E-state index in [0.717, 1.165) is 32.4 Å². The molecular formula is C21H18N4OS2. The normalized spacial score (nSPS) is 10.8. The fraction of sp³-hybridized carbons (Fsp3) is 0.143. The summed E-state index contributed by atoms with van der Waals surface area (Å²) in [7, 11) is 0. The molecular weight excluding hydrogens is 388 g/mol. The number of hydrogen-bond donors (Lipinski definition) is 1. The number of carbonyl (C=O) groups is 1. The van der Waals surface area contributed by atoms with Gasteiger partial charge in [0.05, 0.1) is 22.8 Å². The summed E-state index contributed by atoms with van der Waals surface area (Å²) < 4.78 is 0. The van der Waals surface area contributed by atoms with Crippen LogP contribution in [0.4, 0.5) is 5.13 Å². The lowest BCUT2D eigenvalue weighted by atomic mass is 10.1. The molecule has 28 heavy (non-hydrogen) atoms. The van der Waals surface area contributed by atoms with E-state index in [4.69, 9.17) is 0 Å². The summed E-state index contributed by atoms with van der Waals surface area (Å²) in [6, 6.07) is 12.0. The molecule has 0 aliphatic rings. The van der Waals surface area contributed by atoms with E-state index < -0.39 is 0 Å². The number of nitrogens with zero attached hydrogens (tertiary/aromatic N) is 3. The summed E-state index contributed by atoms with van der Waals surface area (Å²) in [5.74, 6) is -0.0934. The van der Waals surface area contributed by atoms with Crippen molar-refractivity contribution in [2.45, 2.75) is 20.3 Å². The minimum absolute atomic E-state index is 0.0934. The molecule has 0 saturated heterocycles. The Balaban J connectivity index is 1.49. The fourth-order valence-corrected chi connectivity index (χ4v) is 4.51. The zero-order chi connectivity index (χ0) is 19.5. The number of amides is 1. The summed E-state index contributed by atoms with van der Waals surface area (Å²) in [6.07, 6.45) is 3.76. The minimum atomic E-state index is -0.0934. The van der Waals surface area contributed by atoms with E-state index in [1.807, 2.05) is 36.6 Å². The van der Waals surface area contributed by atoms with Gasteiger partial charge in [-0.1, -0.05) is 29.8 Å². The Hall–Kier alpha value is -2.90. The number of aromatic nitrogens is 3. The number of benzene rings is 1. The number of anilines is 1. The van der Waals surface area contributed by atoms with Gasteiger partial charge in [0.15, 0.2) is 5.13 Å². The first-order valence-corrected chi connectivity index (χ1v) is 10.5. The Morgan fingerprint density at radius 2 is 1.89 bits per heavy atom. The van der Waals surface area contributed by atoms with Crippen LogP contribution in [0.15, 0.2) is 54.2 Å². The summed E-state index contributed by atoms with van der Waals surface area (Å²) >= 11 is 2.96. The smallest absolute Gasteiger partial charge is 0.231 e. The van der Waals surface area contributed by atoms with Crippen LogP contribution in [0.25, 0.3) is 22.5 Å². The Labute approximate surface area is 171 Å². The van der Waals surface area contributed by atoms with Crippen LogP contribution in [-0.2, 0) is 11.2 Å². The number of aryl methyl sites for hydroxylation is 2. The van der Waals surface area contributed by atoms with Crippen LogP contribution in [0.1, 0.15) is 15.4 Å². The molecule has 0 aliphatic heterocycles. The largest absolute Gasteiger partial charge is 0.302 e. The molecule has 0 saturated carbocycles. The van der Waals surface area contributed by atoms with Crippen LogP contribution in [0.3, 0.4) is 0 Å². The number of pyridine rings is 1. The Kier molecular flexibility index (Phi) is 5.27. The maximum atomic E-state index is 12.6. The van der Waals surface area contributed by atoms with Gasteiger partial charge in [0, 0.05) is 33.8 Å². The highest BCUT2D eigenvalue weighted by atomic mass is 32.1. The molecule has 4 rings (SSSR count). The molecule has 5 nitrogen and oxygen atoms in total. The van der Waals surface area contributed by atoms with Crippen molar-refractivity contribution >= 4 is 33.7 Å². The van der Waals surface area contributed by atoms with E-state index >= 15 is 0 Å². The van der Waals surface area contributed by atoms with E-state index in [-0.39, 0.29) is 12.3 Å². The Morgan fingerprint density at radius 3 is 2.64 bits per heavy atom. The van der Waals surface area contributed by atoms with Crippen molar-refractivity contribution in [3.05, 3.63) is 69.6 Å². The van der Waals surface area contributed by atoms with Crippen molar-refractivity contribution in [2.75, 3.05) is 5.32 Å². The highest BCUT2D eigenvalue weighted by molar-refractivity contribution is 7.14. The summed E-state index contributed by atoms with van der Waals surface area (Å²) in [6.45, 7) is 4.02. The van der Waals surface area contributed by atoms with Crippen molar-refractivity contribution in [2.24, 2.45) is 0 Å². The molecule has 140 valence electrons. The first-order chi connectivity index (χ1) is 13.6. The third kappa shape index (κ3) is 4.16. The van der Waals surface area contributed by atoms with E-state index in [0.29, 0.717) is 5.13 Å². The molecule has 0 radical (unpaired) electrons. The number of rotatable bonds is 5. The van der Waals surface area contributed by atoms with Gasteiger partial charge in [-0.25, -0.2) is 9.97 Å².